The highest BCUT2D eigenvalue weighted by Crippen LogP contribution is 2.28. The highest BCUT2D eigenvalue weighted by molar-refractivity contribution is 6.33. The summed E-state index contributed by atoms with van der Waals surface area (Å²) in [6, 6.07) is 8.54. The van der Waals surface area contributed by atoms with Gasteiger partial charge >= 0.3 is 0 Å². The average Bonchev–Trinajstić information content (AvgIpc) is 2.78. The van der Waals surface area contributed by atoms with E-state index in [1.54, 1.807) is 0 Å². The Labute approximate surface area is 71.4 Å². The van der Waals surface area contributed by atoms with Crippen molar-refractivity contribution in [2.45, 2.75) is 18.9 Å². The first-order chi connectivity index (χ1) is 5.36. The quantitative estimate of drug-likeness (QED) is 0.714. The maximum absolute atomic E-state index is 5.93. The van der Waals surface area contributed by atoms with Crippen molar-refractivity contribution in [2.75, 3.05) is 5.32 Å². The van der Waals surface area contributed by atoms with E-state index >= 15 is 0 Å². The number of halogens is 1. The number of benzene rings is 1. The highest BCUT2D eigenvalue weighted by atomic mass is 35.5. The van der Waals surface area contributed by atoms with Gasteiger partial charge in [-0.1, -0.05) is 23.7 Å². The van der Waals surface area contributed by atoms with Crippen molar-refractivity contribution in [1.82, 2.24) is 0 Å². The molecule has 0 atom stereocenters. The normalized spacial score (nSPS) is 16.5. The minimum Gasteiger partial charge on any atom is -0.381 e. The third-order valence-electron chi connectivity index (χ3n) is 1.81. The molecule has 0 aromatic heterocycles. The molecule has 58 valence electrons. The van der Waals surface area contributed by atoms with E-state index in [1.807, 2.05) is 24.3 Å². The van der Waals surface area contributed by atoms with E-state index in [4.69, 9.17) is 11.6 Å². The SMILES string of the molecule is Clc1ccccc1NC1CC1. The molecular weight excluding hydrogens is 158 g/mol. The molecule has 0 saturated heterocycles. The van der Waals surface area contributed by atoms with Gasteiger partial charge in [0.25, 0.3) is 0 Å². The topological polar surface area (TPSA) is 12.0 Å². The number of hydrogen-bond donors (Lipinski definition) is 1. The fraction of sp³-hybridized carbons (Fsp3) is 0.333. The Morgan fingerprint density at radius 3 is 2.64 bits per heavy atom. The first-order valence-electron chi connectivity index (χ1n) is 3.87. The second kappa shape index (κ2) is 2.74. The minimum absolute atomic E-state index is 0.676. The molecule has 1 aliphatic carbocycles. The molecule has 0 unspecified atom stereocenters. The summed E-state index contributed by atoms with van der Waals surface area (Å²) >= 11 is 5.93. The fourth-order valence-electron chi connectivity index (χ4n) is 1.03. The average molecular weight is 168 g/mol. The van der Waals surface area contributed by atoms with Crippen molar-refractivity contribution in [3.63, 3.8) is 0 Å². The van der Waals surface area contributed by atoms with E-state index in [9.17, 15) is 0 Å². The second-order valence-corrected chi connectivity index (χ2v) is 3.31. The highest BCUT2D eigenvalue weighted by Gasteiger charge is 2.21. The Balaban J connectivity index is 2.15. The Morgan fingerprint density at radius 2 is 2.00 bits per heavy atom. The van der Waals surface area contributed by atoms with E-state index in [-0.39, 0.29) is 0 Å². The molecule has 1 aromatic rings. The van der Waals surface area contributed by atoms with Crippen LogP contribution in [0.4, 0.5) is 5.69 Å². The molecular formula is C9H10ClN. The van der Waals surface area contributed by atoms with E-state index in [0.717, 1.165) is 10.7 Å². The number of nitrogens with one attached hydrogen (secondary N) is 1. The molecule has 2 heteroatoms. The Bertz CT molecular complexity index is 255. The number of para-hydroxylation sites is 1. The van der Waals surface area contributed by atoms with Crippen LogP contribution in [0.15, 0.2) is 24.3 Å². The zero-order valence-electron chi connectivity index (χ0n) is 6.18. The van der Waals surface area contributed by atoms with Crippen LogP contribution in [0.25, 0.3) is 0 Å². The lowest BCUT2D eigenvalue weighted by atomic mass is 10.3. The molecule has 1 saturated carbocycles. The number of anilines is 1. The zero-order valence-corrected chi connectivity index (χ0v) is 6.93. The van der Waals surface area contributed by atoms with Crippen LogP contribution < -0.4 is 5.32 Å². The smallest absolute Gasteiger partial charge is 0.0637 e. The largest absolute Gasteiger partial charge is 0.381 e. The molecule has 1 fully saturated rings. The summed E-state index contributed by atoms with van der Waals surface area (Å²) in [6.45, 7) is 0. The van der Waals surface area contributed by atoms with Crippen LogP contribution in [0.5, 0.6) is 0 Å². The van der Waals surface area contributed by atoms with E-state index in [1.165, 1.54) is 12.8 Å². The molecule has 1 N–H and O–H groups in total. The van der Waals surface area contributed by atoms with Crippen LogP contribution >= 0.6 is 11.6 Å². The van der Waals surface area contributed by atoms with Gasteiger partial charge < -0.3 is 5.32 Å². The molecule has 0 aliphatic heterocycles. The van der Waals surface area contributed by atoms with E-state index in [0.29, 0.717) is 6.04 Å². The van der Waals surface area contributed by atoms with Gasteiger partial charge in [0, 0.05) is 6.04 Å². The van der Waals surface area contributed by atoms with Crippen LogP contribution in [0, 0.1) is 0 Å². The molecule has 0 spiro atoms. The van der Waals surface area contributed by atoms with Gasteiger partial charge in [-0.25, -0.2) is 0 Å². The first kappa shape index (κ1) is 6.99. The molecule has 0 bridgehead atoms. The first-order valence-corrected chi connectivity index (χ1v) is 4.25. The van der Waals surface area contributed by atoms with Gasteiger partial charge in [0.15, 0.2) is 0 Å². The van der Waals surface area contributed by atoms with Crippen LogP contribution in [0.1, 0.15) is 12.8 Å². The molecule has 1 aliphatic rings. The van der Waals surface area contributed by atoms with E-state index < -0.39 is 0 Å². The predicted octanol–water partition coefficient (Wildman–Crippen LogP) is 2.91. The third-order valence-corrected chi connectivity index (χ3v) is 2.14. The van der Waals surface area contributed by atoms with Gasteiger partial charge in [-0.2, -0.15) is 0 Å². The molecule has 2 rings (SSSR count). The summed E-state index contributed by atoms with van der Waals surface area (Å²) in [7, 11) is 0. The summed E-state index contributed by atoms with van der Waals surface area (Å²) in [5.41, 5.74) is 1.07. The van der Waals surface area contributed by atoms with Crippen LogP contribution in [0.3, 0.4) is 0 Å². The lowest BCUT2D eigenvalue weighted by Gasteiger charge is -2.04. The van der Waals surface area contributed by atoms with Crippen molar-refractivity contribution in [1.29, 1.82) is 0 Å². The zero-order chi connectivity index (χ0) is 7.68. The summed E-state index contributed by atoms with van der Waals surface area (Å²) in [6.07, 6.45) is 2.57. The standard InChI is InChI=1S/C9H10ClN/c10-8-3-1-2-4-9(8)11-7-5-6-7/h1-4,7,11H,5-6H2. The Kier molecular flexibility index (Phi) is 1.74. The lowest BCUT2D eigenvalue weighted by molar-refractivity contribution is 1.16. The van der Waals surface area contributed by atoms with Gasteiger partial charge in [-0.3, -0.25) is 0 Å². The Hall–Kier alpha value is -0.690. The lowest BCUT2D eigenvalue weighted by Crippen LogP contribution is -2.00. The van der Waals surface area contributed by atoms with Crippen molar-refractivity contribution >= 4 is 17.3 Å². The van der Waals surface area contributed by atoms with Crippen molar-refractivity contribution in [2.24, 2.45) is 0 Å². The van der Waals surface area contributed by atoms with Gasteiger partial charge in [0.1, 0.15) is 0 Å². The molecule has 1 aromatic carbocycles. The summed E-state index contributed by atoms with van der Waals surface area (Å²) < 4.78 is 0. The molecule has 0 heterocycles. The number of hydrogen-bond acceptors (Lipinski definition) is 1. The van der Waals surface area contributed by atoms with Gasteiger partial charge in [-0.15, -0.1) is 0 Å². The summed E-state index contributed by atoms with van der Waals surface area (Å²) in [5.74, 6) is 0. The van der Waals surface area contributed by atoms with Crippen molar-refractivity contribution in [3.8, 4) is 0 Å². The third kappa shape index (κ3) is 1.66. The maximum atomic E-state index is 5.93. The van der Waals surface area contributed by atoms with Crippen LogP contribution in [0.2, 0.25) is 5.02 Å². The molecule has 1 nitrogen and oxygen atoms in total. The monoisotopic (exact) mass is 167 g/mol. The summed E-state index contributed by atoms with van der Waals surface area (Å²) in [5, 5.41) is 4.17. The fourth-order valence-corrected chi connectivity index (χ4v) is 1.22. The van der Waals surface area contributed by atoms with Crippen LogP contribution in [-0.4, -0.2) is 6.04 Å². The second-order valence-electron chi connectivity index (χ2n) is 2.90. The predicted molar refractivity (Wildman–Crippen MR) is 48.1 cm³/mol. The van der Waals surface area contributed by atoms with Gasteiger partial charge in [0.05, 0.1) is 10.7 Å². The molecule has 11 heavy (non-hydrogen) atoms. The van der Waals surface area contributed by atoms with E-state index in [2.05, 4.69) is 5.32 Å². The van der Waals surface area contributed by atoms with Crippen molar-refractivity contribution in [3.05, 3.63) is 29.3 Å². The van der Waals surface area contributed by atoms with Crippen LogP contribution in [-0.2, 0) is 0 Å². The van der Waals surface area contributed by atoms with Crippen molar-refractivity contribution < 1.29 is 0 Å². The number of rotatable bonds is 2. The van der Waals surface area contributed by atoms with Gasteiger partial charge in [0.2, 0.25) is 0 Å². The molecule has 0 radical (unpaired) electrons. The minimum atomic E-state index is 0.676. The summed E-state index contributed by atoms with van der Waals surface area (Å²) in [4.78, 5) is 0. The maximum Gasteiger partial charge on any atom is 0.0637 e. The van der Waals surface area contributed by atoms with Gasteiger partial charge in [-0.05, 0) is 25.0 Å². The Morgan fingerprint density at radius 1 is 1.27 bits per heavy atom. The molecule has 0 amide bonds.